The van der Waals surface area contributed by atoms with Gasteiger partial charge < -0.3 is 0 Å². The molecule has 1 aliphatic heterocycles. The molecule has 0 radical (unpaired) electrons. The lowest BCUT2D eigenvalue weighted by Crippen LogP contribution is -2.38. The lowest BCUT2D eigenvalue weighted by Gasteiger charge is -2.37. The van der Waals surface area contributed by atoms with E-state index in [0.29, 0.717) is 10.5 Å². The van der Waals surface area contributed by atoms with Crippen LogP contribution < -0.4 is 0 Å². The van der Waals surface area contributed by atoms with Crippen LogP contribution in [0.5, 0.6) is 0 Å². The maximum absolute atomic E-state index is 11.9. The van der Waals surface area contributed by atoms with Gasteiger partial charge in [-0.05, 0) is 31.6 Å². The van der Waals surface area contributed by atoms with Gasteiger partial charge in [-0.3, -0.25) is 4.21 Å². The van der Waals surface area contributed by atoms with E-state index in [9.17, 15) is 4.21 Å². The minimum absolute atomic E-state index is 0.476. The molecule has 0 aromatic carbocycles. The van der Waals surface area contributed by atoms with Crippen molar-refractivity contribution in [3.05, 3.63) is 0 Å². The SMILES string of the molecule is CC1CCC2CCCCC2S1=O. The Morgan fingerprint density at radius 3 is 2.67 bits per heavy atom. The van der Waals surface area contributed by atoms with Gasteiger partial charge in [0, 0.05) is 21.3 Å². The van der Waals surface area contributed by atoms with E-state index in [0.717, 1.165) is 5.92 Å². The van der Waals surface area contributed by atoms with E-state index >= 15 is 0 Å². The molecule has 0 aromatic rings. The second-order valence-corrected chi connectivity index (χ2v) is 6.37. The average molecular weight is 186 g/mol. The molecule has 70 valence electrons. The zero-order chi connectivity index (χ0) is 8.55. The van der Waals surface area contributed by atoms with Crippen LogP contribution in [0.1, 0.15) is 45.4 Å². The van der Waals surface area contributed by atoms with Crippen molar-refractivity contribution in [3.8, 4) is 0 Å². The molecule has 1 saturated carbocycles. The van der Waals surface area contributed by atoms with Gasteiger partial charge in [-0.1, -0.05) is 19.8 Å². The Hall–Kier alpha value is 0.150. The zero-order valence-corrected chi connectivity index (χ0v) is 8.61. The van der Waals surface area contributed by atoms with E-state index in [-0.39, 0.29) is 0 Å². The van der Waals surface area contributed by atoms with Gasteiger partial charge in [-0.15, -0.1) is 0 Å². The second-order valence-electron chi connectivity index (χ2n) is 4.30. The van der Waals surface area contributed by atoms with Crippen molar-refractivity contribution in [2.24, 2.45) is 5.92 Å². The predicted octanol–water partition coefficient (Wildman–Crippen LogP) is 2.48. The van der Waals surface area contributed by atoms with Gasteiger partial charge in [-0.2, -0.15) is 0 Å². The highest BCUT2D eigenvalue weighted by molar-refractivity contribution is 7.86. The molecule has 12 heavy (non-hydrogen) atoms. The summed E-state index contributed by atoms with van der Waals surface area (Å²) >= 11 is 0. The quantitative estimate of drug-likeness (QED) is 0.568. The van der Waals surface area contributed by atoms with Gasteiger partial charge in [-0.25, -0.2) is 0 Å². The molecule has 4 atom stereocenters. The lowest BCUT2D eigenvalue weighted by molar-refractivity contribution is 0.323. The summed E-state index contributed by atoms with van der Waals surface area (Å²) in [5.74, 6) is 0.816. The van der Waals surface area contributed by atoms with E-state index in [1.165, 1.54) is 38.5 Å². The Bertz CT molecular complexity index is 190. The molecule has 4 unspecified atom stereocenters. The number of hydrogen-bond acceptors (Lipinski definition) is 1. The van der Waals surface area contributed by atoms with E-state index < -0.39 is 10.8 Å². The topological polar surface area (TPSA) is 17.1 Å². The summed E-state index contributed by atoms with van der Waals surface area (Å²) in [6.45, 7) is 2.15. The monoisotopic (exact) mass is 186 g/mol. The second kappa shape index (κ2) is 3.49. The Kier molecular flexibility index (Phi) is 2.54. The van der Waals surface area contributed by atoms with Gasteiger partial charge in [0.05, 0.1) is 0 Å². The number of rotatable bonds is 0. The Morgan fingerprint density at radius 2 is 1.83 bits per heavy atom. The normalized spacial score (nSPS) is 48.4. The largest absolute Gasteiger partial charge is 0.259 e. The number of hydrogen-bond donors (Lipinski definition) is 0. The first-order valence-corrected chi connectivity index (χ1v) is 6.46. The first-order valence-electron chi connectivity index (χ1n) is 5.18. The smallest absolute Gasteiger partial charge is 0.0378 e. The summed E-state index contributed by atoms with van der Waals surface area (Å²) < 4.78 is 11.9. The first-order chi connectivity index (χ1) is 5.79. The fourth-order valence-electron chi connectivity index (χ4n) is 2.67. The zero-order valence-electron chi connectivity index (χ0n) is 7.79. The van der Waals surface area contributed by atoms with Gasteiger partial charge in [0.25, 0.3) is 0 Å². The van der Waals surface area contributed by atoms with Crippen molar-refractivity contribution in [2.45, 2.75) is 55.9 Å². The highest BCUT2D eigenvalue weighted by Gasteiger charge is 2.35. The Morgan fingerprint density at radius 1 is 1.08 bits per heavy atom. The lowest BCUT2D eigenvalue weighted by atomic mass is 9.85. The summed E-state index contributed by atoms with van der Waals surface area (Å²) in [5.41, 5.74) is 0. The molecule has 1 aliphatic carbocycles. The molecule has 0 N–H and O–H groups in total. The number of fused-ring (bicyclic) bond motifs is 1. The van der Waals surface area contributed by atoms with Gasteiger partial charge in [0.2, 0.25) is 0 Å². The maximum atomic E-state index is 11.9. The van der Waals surface area contributed by atoms with Crippen LogP contribution in [0.25, 0.3) is 0 Å². The molecule has 1 saturated heterocycles. The first kappa shape index (κ1) is 8.74. The van der Waals surface area contributed by atoms with Crippen LogP contribution in [0.3, 0.4) is 0 Å². The highest BCUT2D eigenvalue weighted by Crippen LogP contribution is 2.37. The van der Waals surface area contributed by atoms with Gasteiger partial charge >= 0.3 is 0 Å². The molecular weight excluding hydrogens is 168 g/mol. The summed E-state index contributed by atoms with van der Waals surface area (Å²) in [4.78, 5) is 0. The van der Waals surface area contributed by atoms with Crippen molar-refractivity contribution in [1.82, 2.24) is 0 Å². The molecule has 1 heterocycles. The molecular formula is C10H18OS. The molecule has 2 heteroatoms. The van der Waals surface area contributed by atoms with Crippen LogP contribution >= 0.6 is 0 Å². The van der Waals surface area contributed by atoms with Crippen LogP contribution in [0, 0.1) is 5.92 Å². The van der Waals surface area contributed by atoms with Crippen molar-refractivity contribution < 1.29 is 4.21 Å². The molecule has 0 amide bonds. The molecule has 2 fully saturated rings. The van der Waals surface area contributed by atoms with Crippen molar-refractivity contribution in [1.29, 1.82) is 0 Å². The standard InChI is InChI=1S/C10H18OS/c1-8-6-7-9-4-2-3-5-10(9)12(8)11/h8-10H,2-7H2,1H3. The van der Waals surface area contributed by atoms with Gasteiger partial charge in [0.15, 0.2) is 0 Å². The third-order valence-corrected chi connectivity index (χ3v) is 5.72. The van der Waals surface area contributed by atoms with Crippen molar-refractivity contribution in [3.63, 3.8) is 0 Å². The fraction of sp³-hybridized carbons (Fsp3) is 1.00. The summed E-state index contributed by atoms with van der Waals surface area (Å²) in [5, 5.41) is 1.05. The van der Waals surface area contributed by atoms with Gasteiger partial charge in [0.1, 0.15) is 0 Å². The Balaban J connectivity index is 2.08. The minimum atomic E-state index is -0.501. The maximum Gasteiger partial charge on any atom is 0.0378 e. The highest BCUT2D eigenvalue weighted by atomic mass is 32.2. The molecule has 0 spiro atoms. The van der Waals surface area contributed by atoms with Crippen molar-refractivity contribution in [2.75, 3.05) is 0 Å². The minimum Gasteiger partial charge on any atom is -0.259 e. The van der Waals surface area contributed by atoms with Crippen molar-refractivity contribution >= 4 is 10.8 Å². The van der Waals surface area contributed by atoms with Crippen LogP contribution in [0.15, 0.2) is 0 Å². The van der Waals surface area contributed by atoms with Crippen LogP contribution in [0.4, 0.5) is 0 Å². The Labute approximate surface area is 77.4 Å². The molecule has 2 aliphatic rings. The van der Waals surface area contributed by atoms with E-state index in [1.54, 1.807) is 0 Å². The molecule has 2 rings (SSSR count). The van der Waals surface area contributed by atoms with Crippen LogP contribution in [0.2, 0.25) is 0 Å². The van der Waals surface area contributed by atoms with E-state index in [4.69, 9.17) is 0 Å². The van der Waals surface area contributed by atoms with Crippen LogP contribution in [-0.4, -0.2) is 14.7 Å². The predicted molar refractivity (Wildman–Crippen MR) is 52.6 cm³/mol. The van der Waals surface area contributed by atoms with Crippen LogP contribution in [-0.2, 0) is 10.8 Å². The molecule has 0 bridgehead atoms. The average Bonchev–Trinajstić information content (AvgIpc) is 2.12. The van der Waals surface area contributed by atoms with E-state index in [2.05, 4.69) is 6.92 Å². The molecule has 0 aromatic heterocycles. The summed E-state index contributed by atoms with van der Waals surface area (Å²) in [6.07, 6.45) is 7.84. The molecule has 1 nitrogen and oxygen atoms in total. The summed E-state index contributed by atoms with van der Waals surface area (Å²) in [6, 6.07) is 0. The van der Waals surface area contributed by atoms with E-state index in [1.807, 2.05) is 0 Å². The summed E-state index contributed by atoms with van der Waals surface area (Å²) in [7, 11) is -0.501. The third kappa shape index (κ3) is 1.46. The fourth-order valence-corrected chi connectivity index (χ4v) is 4.69. The third-order valence-electron chi connectivity index (χ3n) is 3.48.